The summed E-state index contributed by atoms with van der Waals surface area (Å²) in [7, 11) is 0. The van der Waals surface area contributed by atoms with E-state index in [9.17, 15) is 5.11 Å². The van der Waals surface area contributed by atoms with Gasteiger partial charge in [-0.2, -0.15) is 0 Å². The van der Waals surface area contributed by atoms with Crippen LogP contribution in [0.2, 0.25) is 10.0 Å². The molecule has 1 heterocycles. The first-order valence-corrected chi connectivity index (χ1v) is 6.10. The predicted octanol–water partition coefficient (Wildman–Crippen LogP) is 3.18. The van der Waals surface area contributed by atoms with Crippen LogP contribution < -0.4 is 0 Å². The molecule has 2 atom stereocenters. The van der Waals surface area contributed by atoms with Crippen LogP contribution in [0.25, 0.3) is 0 Å². The van der Waals surface area contributed by atoms with Gasteiger partial charge < -0.3 is 14.6 Å². The highest BCUT2D eigenvalue weighted by Crippen LogP contribution is 2.43. The Morgan fingerprint density at radius 2 is 1.82 bits per heavy atom. The maximum atomic E-state index is 9.32. The van der Waals surface area contributed by atoms with Gasteiger partial charge >= 0.3 is 0 Å². The molecule has 0 spiro atoms. The number of hydrogen-bond acceptors (Lipinski definition) is 3. The van der Waals surface area contributed by atoms with Gasteiger partial charge in [0.1, 0.15) is 12.2 Å². The molecule has 5 heteroatoms. The van der Waals surface area contributed by atoms with Gasteiger partial charge in [-0.05, 0) is 26.0 Å². The van der Waals surface area contributed by atoms with Gasteiger partial charge in [0.2, 0.25) is 0 Å². The molecule has 1 aliphatic heterocycles. The zero-order valence-corrected chi connectivity index (χ0v) is 11.1. The number of hydrogen-bond donors (Lipinski definition) is 1. The van der Waals surface area contributed by atoms with Crippen LogP contribution in [0.15, 0.2) is 18.2 Å². The average Bonchev–Trinajstić information content (AvgIpc) is 2.53. The number of ether oxygens (including phenoxy) is 2. The minimum atomic E-state index is -0.749. The number of benzene rings is 1. The lowest BCUT2D eigenvalue weighted by Gasteiger charge is -2.18. The fourth-order valence-corrected chi connectivity index (χ4v) is 2.61. The third-order valence-corrected chi connectivity index (χ3v) is 3.31. The van der Waals surface area contributed by atoms with Crippen molar-refractivity contribution in [3.05, 3.63) is 33.8 Å². The van der Waals surface area contributed by atoms with Crippen LogP contribution in [0.4, 0.5) is 0 Å². The summed E-state index contributed by atoms with van der Waals surface area (Å²) in [5.41, 5.74) is 0.667. The molecule has 3 nitrogen and oxygen atoms in total. The van der Waals surface area contributed by atoms with Crippen LogP contribution in [-0.2, 0) is 9.47 Å². The summed E-state index contributed by atoms with van der Waals surface area (Å²) < 4.78 is 11.3. The van der Waals surface area contributed by atoms with Gasteiger partial charge in [0.05, 0.1) is 6.61 Å². The number of aliphatic hydroxyl groups is 1. The minimum absolute atomic E-state index is 0.143. The molecule has 1 saturated heterocycles. The van der Waals surface area contributed by atoms with E-state index in [0.29, 0.717) is 15.6 Å². The Labute approximate surface area is 110 Å². The lowest BCUT2D eigenvalue weighted by molar-refractivity contribution is -0.149. The third kappa shape index (κ3) is 2.59. The summed E-state index contributed by atoms with van der Waals surface area (Å²) in [4.78, 5) is 0. The van der Waals surface area contributed by atoms with Crippen LogP contribution in [0.5, 0.6) is 0 Å². The molecule has 0 amide bonds. The van der Waals surface area contributed by atoms with Crippen LogP contribution in [0, 0.1) is 0 Å². The molecule has 0 aromatic heterocycles. The first kappa shape index (κ1) is 13.1. The van der Waals surface area contributed by atoms with Crippen molar-refractivity contribution in [2.24, 2.45) is 0 Å². The standard InChI is InChI=1S/C12H14Cl2O3/c1-12(2)16-9(6-15)11(17-12)10-7(13)4-3-5-8(10)14/h3-5,9,11,15H,6H2,1-2H3/t9-,11+/m1/s1. The van der Waals surface area contributed by atoms with Crippen molar-refractivity contribution in [3.63, 3.8) is 0 Å². The van der Waals surface area contributed by atoms with Crippen LogP contribution >= 0.6 is 23.2 Å². The zero-order chi connectivity index (χ0) is 12.6. The van der Waals surface area contributed by atoms with Crippen molar-refractivity contribution < 1.29 is 14.6 Å². The van der Waals surface area contributed by atoms with Gasteiger partial charge in [0.15, 0.2) is 5.79 Å². The number of aliphatic hydroxyl groups excluding tert-OH is 1. The summed E-state index contributed by atoms with van der Waals surface area (Å²) in [5.74, 6) is -0.749. The van der Waals surface area contributed by atoms with Gasteiger partial charge in [-0.3, -0.25) is 0 Å². The van der Waals surface area contributed by atoms with Crippen molar-refractivity contribution in [1.29, 1.82) is 0 Å². The Kier molecular flexibility index (Phi) is 3.66. The SMILES string of the molecule is CC1(C)O[C@H](c2c(Cl)cccc2Cl)[C@@H](CO)O1. The van der Waals surface area contributed by atoms with Gasteiger partial charge in [-0.15, -0.1) is 0 Å². The smallest absolute Gasteiger partial charge is 0.164 e. The number of rotatable bonds is 2. The molecule has 1 fully saturated rings. The molecule has 94 valence electrons. The van der Waals surface area contributed by atoms with Crippen molar-refractivity contribution >= 4 is 23.2 Å². The fraction of sp³-hybridized carbons (Fsp3) is 0.500. The maximum Gasteiger partial charge on any atom is 0.164 e. The molecule has 0 radical (unpaired) electrons. The Morgan fingerprint density at radius 3 is 2.35 bits per heavy atom. The normalized spacial score (nSPS) is 27.4. The van der Waals surface area contributed by atoms with Gasteiger partial charge in [-0.1, -0.05) is 29.3 Å². The maximum absolute atomic E-state index is 9.32. The number of halogens is 2. The van der Waals surface area contributed by atoms with E-state index in [1.54, 1.807) is 32.0 Å². The monoisotopic (exact) mass is 276 g/mol. The second-order valence-electron chi connectivity index (χ2n) is 4.41. The van der Waals surface area contributed by atoms with Crippen LogP contribution in [0.3, 0.4) is 0 Å². The quantitative estimate of drug-likeness (QED) is 0.902. The fourth-order valence-electron chi connectivity index (χ4n) is 2.00. The van der Waals surface area contributed by atoms with Crippen molar-refractivity contribution in [3.8, 4) is 0 Å². The lowest BCUT2D eigenvalue weighted by atomic mass is 10.0. The zero-order valence-electron chi connectivity index (χ0n) is 9.61. The topological polar surface area (TPSA) is 38.7 Å². The third-order valence-electron chi connectivity index (χ3n) is 2.65. The van der Waals surface area contributed by atoms with E-state index < -0.39 is 18.0 Å². The molecule has 1 N–H and O–H groups in total. The van der Waals surface area contributed by atoms with Crippen molar-refractivity contribution in [2.45, 2.75) is 31.8 Å². The predicted molar refractivity (Wildman–Crippen MR) is 66.3 cm³/mol. The van der Waals surface area contributed by atoms with Crippen molar-refractivity contribution in [1.82, 2.24) is 0 Å². The first-order chi connectivity index (χ1) is 7.94. The summed E-state index contributed by atoms with van der Waals surface area (Å²) in [5, 5.41) is 10.4. The summed E-state index contributed by atoms with van der Waals surface area (Å²) in [6, 6.07) is 5.25. The van der Waals surface area contributed by atoms with E-state index in [2.05, 4.69) is 0 Å². The summed E-state index contributed by atoms with van der Waals surface area (Å²) in [6.45, 7) is 3.44. The molecule has 0 bridgehead atoms. The molecule has 2 rings (SSSR count). The van der Waals surface area contributed by atoms with E-state index in [0.717, 1.165) is 0 Å². The Hall–Kier alpha value is -0.320. The molecule has 0 aliphatic carbocycles. The molecular weight excluding hydrogens is 263 g/mol. The van der Waals surface area contributed by atoms with E-state index in [1.165, 1.54) is 0 Å². The van der Waals surface area contributed by atoms with E-state index in [4.69, 9.17) is 32.7 Å². The lowest BCUT2D eigenvalue weighted by Crippen LogP contribution is -2.23. The van der Waals surface area contributed by atoms with E-state index >= 15 is 0 Å². The molecule has 17 heavy (non-hydrogen) atoms. The second-order valence-corrected chi connectivity index (χ2v) is 5.23. The first-order valence-electron chi connectivity index (χ1n) is 5.35. The molecule has 1 aliphatic rings. The molecule has 0 unspecified atom stereocenters. The molecule has 1 aromatic rings. The van der Waals surface area contributed by atoms with Crippen LogP contribution in [0.1, 0.15) is 25.5 Å². The highest BCUT2D eigenvalue weighted by Gasteiger charge is 2.43. The minimum Gasteiger partial charge on any atom is -0.394 e. The van der Waals surface area contributed by atoms with E-state index in [1.807, 2.05) is 0 Å². The van der Waals surface area contributed by atoms with Crippen molar-refractivity contribution in [2.75, 3.05) is 6.61 Å². The molecule has 0 saturated carbocycles. The van der Waals surface area contributed by atoms with Crippen LogP contribution in [-0.4, -0.2) is 23.6 Å². The van der Waals surface area contributed by atoms with E-state index in [-0.39, 0.29) is 6.61 Å². The Morgan fingerprint density at radius 1 is 1.24 bits per heavy atom. The summed E-state index contributed by atoms with van der Waals surface area (Å²) >= 11 is 12.2. The van der Waals surface area contributed by atoms with Gasteiger partial charge in [0.25, 0.3) is 0 Å². The Bertz CT molecular complexity index is 400. The molecule has 1 aromatic carbocycles. The molecular formula is C12H14Cl2O3. The van der Waals surface area contributed by atoms with Gasteiger partial charge in [-0.25, -0.2) is 0 Å². The van der Waals surface area contributed by atoms with Gasteiger partial charge in [0, 0.05) is 15.6 Å². The largest absolute Gasteiger partial charge is 0.394 e. The summed E-state index contributed by atoms with van der Waals surface area (Å²) in [6.07, 6.45) is -0.904. The average molecular weight is 277 g/mol. The second kappa shape index (κ2) is 4.75. The highest BCUT2D eigenvalue weighted by atomic mass is 35.5. The highest BCUT2D eigenvalue weighted by molar-refractivity contribution is 6.36. The Balaban J connectivity index is 2.39.